The highest BCUT2D eigenvalue weighted by Gasteiger charge is 2.43. The van der Waals surface area contributed by atoms with Crippen LogP contribution in [0, 0.1) is 5.41 Å². The standard InChI is InChI=1S/C17H30NO4P/c1-6-21-23(19,22-7-2)16(17(3,4)5)18-20-14-13-15-11-9-8-10-12-15/h8-12,16,18H,6-7,13-14H2,1-5H3. The first-order valence-electron chi connectivity index (χ1n) is 8.13. The molecule has 6 heteroatoms. The Labute approximate surface area is 140 Å². The van der Waals surface area contributed by atoms with Crippen molar-refractivity contribution in [1.82, 2.24) is 5.48 Å². The van der Waals surface area contributed by atoms with E-state index in [1.807, 2.05) is 52.8 Å². The molecule has 1 rings (SSSR count). The monoisotopic (exact) mass is 343 g/mol. The molecule has 0 heterocycles. The van der Waals surface area contributed by atoms with Crippen LogP contribution in [-0.4, -0.2) is 25.6 Å². The second kappa shape index (κ2) is 9.55. The van der Waals surface area contributed by atoms with Crippen LogP contribution in [0.1, 0.15) is 40.2 Å². The maximum atomic E-state index is 13.0. The van der Waals surface area contributed by atoms with Crippen LogP contribution < -0.4 is 5.48 Å². The fraction of sp³-hybridized carbons (Fsp3) is 0.647. The summed E-state index contributed by atoms with van der Waals surface area (Å²) in [6.45, 7) is 10.7. The van der Waals surface area contributed by atoms with E-state index in [2.05, 4.69) is 17.6 Å². The van der Waals surface area contributed by atoms with Crippen LogP contribution in [-0.2, 0) is 24.9 Å². The Hall–Kier alpha value is -0.710. The van der Waals surface area contributed by atoms with E-state index in [0.29, 0.717) is 19.8 Å². The molecule has 0 aromatic heterocycles. The molecule has 0 spiro atoms. The molecule has 1 aromatic carbocycles. The van der Waals surface area contributed by atoms with Crippen LogP contribution in [0.4, 0.5) is 0 Å². The highest BCUT2D eigenvalue weighted by atomic mass is 31.2. The van der Waals surface area contributed by atoms with E-state index in [-0.39, 0.29) is 5.41 Å². The average molecular weight is 343 g/mol. The van der Waals surface area contributed by atoms with Gasteiger partial charge in [-0.25, -0.2) is 0 Å². The molecule has 0 saturated heterocycles. The summed E-state index contributed by atoms with van der Waals surface area (Å²) in [6.07, 6.45) is 0.776. The largest absolute Gasteiger partial charge is 0.350 e. The predicted octanol–water partition coefficient (Wildman–Crippen LogP) is 4.39. The normalized spacial score (nSPS) is 14.0. The third-order valence-electron chi connectivity index (χ3n) is 3.29. The Morgan fingerprint density at radius 3 is 2.13 bits per heavy atom. The lowest BCUT2D eigenvalue weighted by molar-refractivity contribution is 0.00265. The van der Waals surface area contributed by atoms with Gasteiger partial charge in [0.2, 0.25) is 0 Å². The quantitative estimate of drug-likeness (QED) is 0.388. The van der Waals surface area contributed by atoms with Gasteiger partial charge < -0.3 is 13.9 Å². The molecular formula is C17H30NO4P. The second-order valence-electron chi connectivity index (χ2n) is 6.35. The second-order valence-corrected chi connectivity index (χ2v) is 8.46. The van der Waals surface area contributed by atoms with Crippen molar-refractivity contribution in [3.8, 4) is 0 Å². The van der Waals surface area contributed by atoms with Crippen molar-refractivity contribution in [2.45, 2.75) is 46.8 Å². The van der Waals surface area contributed by atoms with E-state index >= 15 is 0 Å². The number of hydrogen-bond acceptors (Lipinski definition) is 5. The highest BCUT2D eigenvalue weighted by Crippen LogP contribution is 2.57. The zero-order valence-corrected chi connectivity index (χ0v) is 15.8. The van der Waals surface area contributed by atoms with Gasteiger partial charge in [0.15, 0.2) is 0 Å². The number of hydrogen-bond donors (Lipinski definition) is 1. The van der Waals surface area contributed by atoms with Gasteiger partial charge in [-0.2, -0.15) is 5.48 Å². The molecule has 0 amide bonds. The summed E-state index contributed by atoms with van der Waals surface area (Å²) in [5, 5.41) is 0. The lowest BCUT2D eigenvalue weighted by Crippen LogP contribution is -2.41. The fourth-order valence-corrected chi connectivity index (χ4v) is 4.46. The molecule has 5 nitrogen and oxygen atoms in total. The van der Waals surface area contributed by atoms with Crippen LogP contribution in [0.25, 0.3) is 0 Å². The average Bonchev–Trinajstić information content (AvgIpc) is 2.47. The van der Waals surface area contributed by atoms with Crippen molar-refractivity contribution >= 4 is 7.60 Å². The Bertz CT molecular complexity index is 477. The lowest BCUT2D eigenvalue weighted by atomic mass is 9.97. The Morgan fingerprint density at radius 2 is 1.65 bits per heavy atom. The molecule has 0 fully saturated rings. The van der Waals surface area contributed by atoms with Crippen LogP contribution >= 0.6 is 7.60 Å². The van der Waals surface area contributed by atoms with Crippen molar-refractivity contribution < 1.29 is 18.5 Å². The molecule has 0 aliphatic heterocycles. The smallest absolute Gasteiger partial charge is 0.308 e. The van der Waals surface area contributed by atoms with Crippen LogP contribution in [0.3, 0.4) is 0 Å². The lowest BCUT2D eigenvalue weighted by Gasteiger charge is -2.35. The molecule has 0 bridgehead atoms. The van der Waals surface area contributed by atoms with Gasteiger partial charge in [-0.1, -0.05) is 51.1 Å². The first-order valence-corrected chi connectivity index (χ1v) is 9.74. The van der Waals surface area contributed by atoms with E-state index < -0.39 is 13.4 Å². The fourth-order valence-electron chi connectivity index (χ4n) is 2.21. The van der Waals surface area contributed by atoms with E-state index in [1.165, 1.54) is 5.56 Å². The van der Waals surface area contributed by atoms with Crippen molar-refractivity contribution in [1.29, 1.82) is 0 Å². The van der Waals surface area contributed by atoms with Gasteiger partial charge in [-0.05, 0) is 31.2 Å². The van der Waals surface area contributed by atoms with Gasteiger partial charge in [0.05, 0.1) is 19.8 Å². The summed E-state index contributed by atoms with van der Waals surface area (Å²) in [5.41, 5.74) is 3.78. The van der Waals surface area contributed by atoms with E-state index in [4.69, 9.17) is 13.9 Å². The van der Waals surface area contributed by atoms with Crippen molar-refractivity contribution in [3.05, 3.63) is 35.9 Å². The number of rotatable bonds is 10. The first-order chi connectivity index (χ1) is 10.8. The van der Waals surface area contributed by atoms with Gasteiger partial charge in [0.25, 0.3) is 0 Å². The maximum absolute atomic E-state index is 13.0. The number of benzene rings is 1. The van der Waals surface area contributed by atoms with Gasteiger partial charge in [0.1, 0.15) is 5.78 Å². The Kier molecular flexibility index (Phi) is 8.45. The van der Waals surface area contributed by atoms with Gasteiger partial charge in [-0.3, -0.25) is 4.57 Å². The summed E-state index contributed by atoms with van der Waals surface area (Å²) in [5.74, 6) is -0.536. The third-order valence-corrected chi connectivity index (χ3v) is 6.03. The molecule has 0 aliphatic carbocycles. The molecule has 1 atom stereocenters. The minimum Gasteiger partial charge on any atom is -0.308 e. The van der Waals surface area contributed by atoms with Crippen molar-refractivity contribution in [2.75, 3.05) is 19.8 Å². The van der Waals surface area contributed by atoms with Crippen LogP contribution in [0.2, 0.25) is 0 Å². The molecule has 0 saturated carbocycles. The molecule has 132 valence electrons. The Morgan fingerprint density at radius 1 is 1.09 bits per heavy atom. The third kappa shape index (κ3) is 6.74. The summed E-state index contributed by atoms with van der Waals surface area (Å²) in [4.78, 5) is 5.58. The summed E-state index contributed by atoms with van der Waals surface area (Å²) < 4.78 is 24.0. The predicted molar refractivity (Wildman–Crippen MR) is 93.3 cm³/mol. The van der Waals surface area contributed by atoms with Gasteiger partial charge in [0, 0.05) is 0 Å². The molecule has 0 radical (unpaired) electrons. The number of hydroxylamine groups is 1. The topological polar surface area (TPSA) is 56.8 Å². The first kappa shape index (κ1) is 20.3. The molecule has 1 N–H and O–H groups in total. The molecule has 23 heavy (non-hydrogen) atoms. The van der Waals surface area contributed by atoms with Crippen LogP contribution in [0.5, 0.6) is 0 Å². The maximum Gasteiger partial charge on any atom is 0.350 e. The summed E-state index contributed by atoms with van der Waals surface area (Å²) in [7, 11) is -3.30. The summed E-state index contributed by atoms with van der Waals surface area (Å²) in [6, 6.07) is 10.1. The van der Waals surface area contributed by atoms with E-state index in [9.17, 15) is 4.57 Å². The minimum absolute atomic E-state index is 0.329. The minimum atomic E-state index is -3.30. The zero-order chi connectivity index (χ0) is 17.3. The van der Waals surface area contributed by atoms with Gasteiger partial charge >= 0.3 is 7.60 Å². The van der Waals surface area contributed by atoms with Crippen molar-refractivity contribution in [3.63, 3.8) is 0 Å². The Balaban J connectivity index is 2.66. The molecule has 1 aromatic rings. The van der Waals surface area contributed by atoms with Crippen LogP contribution in [0.15, 0.2) is 30.3 Å². The SMILES string of the molecule is CCOP(=O)(OCC)C(NOCCc1ccccc1)C(C)(C)C. The summed E-state index contributed by atoms with van der Waals surface area (Å²) >= 11 is 0. The molecule has 1 unspecified atom stereocenters. The van der Waals surface area contributed by atoms with E-state index in [0.717, 1.165) is 6.42 Å². The number of nitrogens with one attached hydrogen (secondary N) is 1. The van der Waals surface area contributed by atoms with Gasteiger partial charge in [-0.15, -0.1) is 0 Å². The van der Waals surface area contributed by atoms with Crippen molar-refractivity contribution in [2.24, 2.45) is 5.41 Å². The van der Waals surface area contributed by atoms with E-state index in [1.54, 1.807) is 0 Å². The molecular weight excluding hydrogens is 313 g/mol. The highest BCUT2D eigenvalue weighted by molar-refractivity contribution is 7.54. The zero-order valence-electron chi connectivity index (χ0n) is 14.9. The molecule has 0 aliphatic rings.